The minimum atomic E-state index is -0.800. The topological polar surface area (TPSA) is 84.9 Å². The van der Waals surface area contributed by atoms with Gasteiger partial charge in [0.05, 0.1) is 24.6 Å². The van der Waals surface area contributed by atoms with Crippen molar-refractivity contribution in [2.24, 2.45) is 0 Å². The molecular formula is C15H17FN2O5S. The second-order valence-electron chi connectivity index (χ2n) is 5.10. The maximum absolute atomic E-state index is 14.2. The summed E-state index contributed by atoms with van der Waals surface area (Å²) in [6.07, 6.45) is -1.47. The molecule has 1 unspecified atom stereocenters. The van der Waals surface area contributed by atoms with Crippen LogP contribution in [-0.4, -0.2) is 43.1 Å². The van der Waals surface area contributed by atoms with Crippen molar-refractivity contribution in [1.82, 2.24) is 5.32 Å². The fourth-order valence-corrected chi connectivity index (χ4v) is 2.96. The molecule has 0 saturated carbocycles. The number of hydrogen-bond donors (Lipinski definition) is 1. The molecule has 1 saturated heterocycles. The van der Waals surface area contributed by atoms with Crippen molar-refractivity contribution in [3.8, 4) is 0 Å². The summed E-state index contributed by atoms with van der Waals surface area (Å²) in [6, 6.07) is 3.73. The number of carbonyl (C=O) groups is 3. The Labute approximate surface area is 142 Å². The van der Waals surface area contributed by atoms with Gasteiger partial charge < -0.3 is 14.8 Å². The van der Waals surface area contributed by atoms with Crippen LogP contribution in [0.4, 0.5) is 14.9 Å². The van der Waals surface area contributed by atoms with E-state index >= 15 is 0 Å². The molecular weight excluding hydrogens is 339 g/mol. The number of nitrogens with one attached hydrogen (secondary N) is 1. The highest BCUT2D eigenvalue weighted by molar-refractivity contribution is 8.00. The lowest BCUT2D eigenvalue weighted by Crippen LogP contribution is -2.43. The van der Waals surface area contributed by atoms with Crippen LogP contribution in [0.2, 0.25) is 0 Å². The molecule has 1 aliphatic rings. The zero-order valence-corrected chi connectivity index (χ0v) is 14.2. The Morgan fingerprint density at radius 3 is 2.75 bits per heavy atom. The van der Waals surface area contributed by atoms with Gasteiger partial charge in [-0.15, -0.1) is 11.8 Å². The second-order valence-corrected chi connectivity index (χ2v) is 6.11. The van der Waals surface area contributed by atoms with E-state index in [2.05, 4.69) is 10.1 Å². The molecule has 1 aromatic rings. The lowest BCUT2D eigenvalue weighted by Gasteiger charge is -2.21. The van der Waals surface area contributed by atoms with Crippen LogP contribution in [0.25, 0.3) is 0 Å². The number of benzene rings is 1. The van der Waals surface area contributed by atoms with E-state index in [0.717, 1.165) is 11.8 Å². The molecule has 1 heterocycles. The van der Waals surface area contributed by atoms with Crippen LogP contribution in [0.3, 0.4) is 0 Å². The quantitative estimate of drug-likeness (QED) is 0.641. The van der Waals surface area contributed by atoms with Crippen molar-refractivity contribution in [3.63, 3.8) is 0 Å². The van der Waals surface area contributed by atoms with E-state index in [1.165, 1.54) is 31.1 Å². The SMILES string of the molecule is COC(=O)CSc1ccc(N2C(=O)O[C@H](NC(C)=O)C2C)cc1F. The van der Waals surface area contributed by atoms with Gasteiger partial charge in [-0.1, -0.05) is 0 Å². The van der Waals surface area contributed by atoms with Gasteiger partial charge in [0.15, 0.2) is 6.23 Å². The summed E-state index contributed by atoms with van der Waals surface area (Å²) in [5.74, 6) is -1.37. The first-order valence-corrected chi connectivity index (χ1v) is 8.08. The Morgan fingerprint density at radius 1 is 1.46 bits per heavy atom. The molecule has 24 heavy (non-hydrogen) atoms. The molecule has 0 bridgehead atoms. The standard InChI is InChI=1S/C15H17FN2O5S/c1-8-14(17-9(2)19)23-15(21)18(8)10-4-5-12(11(16)6-10)24-7-13(20)22-3/h4-6,8,14H,7H2,1-3H3,(H,17,19)/t8?,14-/m0/s1. The average Bonchev–Trinajstić information content (AvgIpc) is 2.79. The number of esters is 1. The number of thioether (sulfide) groups is 1. The molecule has 7 nitrogen and oxygen atoms in total. The monoisotopic (exact) mass is 356 g/mol. The molecule has 2 atom stereocenters. The van der Waals surface area contributed by atoms with E-state index in [0.29, 0.717) is 5.69 Å². The highest BCUT2D eigenvalue weighted by atomic mass is 32.2. The number of anilines is 1. The summed E-state index contributed by atoms with van der Waals surface area (Å²) in [5, 5.41) is 2.51. The van der Waals surface area contributed by atoms with Gasteiger partial charge in [-0.2, -0.15) is 0 Å². The lowest BCUT2D eigenvalue weighted by molar-refractivity contribution is -0.137. The molecule has 1 fully saturated rings. The van der Waals surface area contributed by atoms with E-state index in [1.807, 2.05) is 0 Å². The van der Waals surface area contributed by atoms with E-state index in [9.17, 15) is 18.8 Å². The molecule has 0 aromatic heterocycles. The molecule has 2 rings (SSSR count). The summed E-state index contributed by atoms with van der Waals surface area (Å²) in [5.41, 5.74) is 0.306. The van der Waals surface area contributed by atoms with Crippen LogP contribution in [-0.2, 0) is 19.1 Å². The van der Waals surface area contributed by atoms with E-state index in [4.69, 9.17) is 4.74 Å². The van der Waals surface area contributed by atoms with Gasteiger partial charge in [0.1, 0.15) is 5.82 Å². The van der Waals surface area contributed by atoms with Crippen molar-refractivity contribution in [3.05, 3.63) is 24.0 Å². The fraction of sp³-hybridized carbons (Fsp3) is 0.400. The van der Waals surface area contributed by atoms with Gasteiger partial charge in [-0.25, -0.2) is 9.18 Å². The third-order valence-electron chi connectivity index (χ3n) is 3.38. The average molecular weight is 356 g/mol. The number of amides is 2. The van der Waals surface area contributed by atoms with Gasteiger partial charge in [0.25, 0.3) is 0 Å². The Hall–Kier alpha value is -2.29. The van der Waals surface area contributed by atoms with Gasteiger partial charge in [0, 0.05) is 11.8 Å². The van der Waals surface area contributed by atoms with Crippen LogP contribution in [0.15, 0.2) is 23.1 Å². The number of halogens is 1. The Morgan fingerprint density at radius 2 is 2.17 bits per heavy atom. The van der Waals surface area contributed by atoms with Gasteiger partial charge in [-0.05, 0) is 25.1 Å². The van der Waals surface area contributed by atoms with Crippen molar-refractivity contribution >= 4 is 35.4 Å². The molecule has 2 amide bonds. The molecule has 130 valence electrons. The molecule has 0 aliphatic carbocycles. The highest BCUT2D eigenvalue weighted by Gasteiger charge is 2.40. The van der Waals surface area contributed by atoms with Crippen molar-refractivity contribution in [1.29, 1.82) is 0 Å². The number of carbonyl (C=O) groups excluding carboxylic acids is 3. The van der Waals surface area contributed by atoms with Crippen molar-refractivity contribution in [2.75, 3.05) is 17.8 Å². The van der Waals surface area contributed by atoms with Gasteiger partial charge >= 0.3 is 12.1 Å². The predicted molar refractivity (Wildman–Crippen MR) is 85.2 cm³/mol. The Kier molecular flexibility index (Phi) is 5.66. The first-order valence-electron chi connectivity index (χ1n) is 7.09. The largest absolute Gasteiger partial charge is 0.468 e. The summed E-state index contributed by atoms with van der Waals surface area (Å²) in [7, 11) is 1.26. The van der Waals surface area contributed by atoms with Crippen molar-refractivity contribution in [2.45, 2.75) is 31.0 Å². The molecule has 1 aliphatic heterocycles. The van der Waals surface area contributed by atoms with Crippen LogP contribution < -0.4 is 10.2 Å². The Bertz CT molecular complexity index is 669. The summed E-state index contributed by atoms with van der Waals surface area (Å²) in [6.45, 7) is 3.00. The molecule has 1 aromatic carbocycles. The van der Waals surface area contributed by atoms with Crippen LogP contribution in [0, 0.1) is 5.82 Å². The first kappa shape index (κ1) is 18.1. The summed E-state index contributed by atoms with van der Waals surface area (Å²) in [4.78, 5) is 35.8. The van der Waals surface area contributed by atoms with Crippen LogP contribution >= 0.6 is 11.8 Å². The summed E-state index contributed by atoms with van der Waals surface area (Å²) < 4.78 is 23.8. The van der Waals surface area contributed by atoms with Gasteiger partial charge in [0.2, 0.25) is 5.91 Å². The Balaban J connectivity index is 2.14. The zero-order chi connectivity index (χ0) is 17.9. The van der Waals surface area contributed by atoms with E-state index in [1.54, 1.807) is 13.0 Å². The van der Waals surface area contributed by atoms with E-state index in [-0.39, 0.29) is 16.6 Å². The molecule has 1 N–H and O–H groups in total. The first-order chi connectivity index (χ1) is 11.3. The minimum Gasteiger partial charge on any atom is -0.468 e. The third kappa shape index (κ3) is 3.97. The van der Waals surface area contributed by atoms with Crippen LogP contribution in [0.5, 0.6) is 0 Å². The number of nitrogens with zero attached hydrogens (tertiary/aromatic N) is 1. The highest BCUT2D eigenvalue weighted by Crippen LogP contribution is 2.30. The number of methoxy groups -OCH3 is 1. The lowest BCUT2D eigenvalue weighted by atomic mass is 10.2. The number of cyclic esters (lactones) is 1. The number of rotatable bonds is 5. The maximum Gasteiger partial charge on any atom is 0.416 e. The van der Waals surface area contributed by atoms with Crippen molar-refractivity contribution < 1.29 is 28.2 Å². The predicted octanol–water partition coefficient (Wildman–Crippen LogP) is 1.90. The fourth-order valence-electron chi connectivity index (χ4n) is 2.21. The molecule has 0 radical (unpaired) electrons. The minimum absolute atomic E-state index is 0.0144. The normalized spacial score (nSPS) is 19.8. The van der Waals surface area contributed by atoms with Crippen LogP contribution in [0.1, 0.15) is 13.8 Å². The second kappa shape index (κ2) is 7.52. The molecule has 9 heteroatoms. The van der Waals surface area contributed by atoms with E-state index < -0.39 is 30.1 Å². The smallest absolute Gasteiger partial charge is 0.416 e. The summed E-state index contributed by atoms with van der Waals surface area (Å²) >= 11 is 1.00. The third-order valence-corrected chi connectivity index (χ3v) is 4.40. The number of hydrogen-bond acceptors (Lipinski definition) is 6. The van der Waals surface area contributed by atoms with Gasteiger partial charge in [-0.3, -0.25) is 14.5 Å². The zero-order valence-electron chi connectivity index (χ0n) is 13.4. The maximum atomic E-state index is 14.2. The number of ether oxygens (including phenoxy) is 2. The molecule has 0 spiro atoms.